The van der Waals surface area contributed by atoms with Crippen molar-refractivity contribution in [2.75, 3.05) is 20.8 Å². The predicted molar refractivity (Wildman–Crippen MR) is 99.4 cm³/mol. The molecule has 0 bridgehead atoms. The Kier molecular flexibility index (Phi) is 6.15. The van der Waals surface area contributed by atoms with Crippen LogP contribution in [-0.4, -0.2) is 47.4 Å². The summed E-state index contributed by atoms with van der Waals surface area (Å²) in [7, 11) is 3.26. The van der Waals surface area contributed by atoms with Crippen LogP contribution in [0.3, 0.4) is 0 Å². The number of aromatic nitrogens is 2. The minimum Gasteiger partial charge on any atom is -0.497 e. The highest BCUT2D eigenvalue weighted by atomic mass is 16.5. The summed E-state index contributed by atoms with van der Waals surface area (Å²) in [5.41, 5.74) is 0.869. The van der Waals surface area contributed by atoms with E-state index in [2.05, 4.69) is 5.10 Å². The molecule has 0 radical (unpaired) electrons. The molecule has 6 heteroatoms. The fourth-order valence-electron chi connectivity index (χ4n) is 3.63. The number of rotatable bonds is 7. The van der Waals surface area contributed by atoms with Gasteiger partial charge in [-0.25, -0.2) is 0 Å². The van der Waals surface area contributed by atoms with Crippen LogP contribution >= 0.6 is 0 Å². The van der Waals surface area contributed by atoms with E-state index in [1.54, 1.807) is 20.4 Å². The highest BCUT2D eigenvalue weighted by molar-refractivity contribution is 5.80. The van der Waals surface area contributed by atoms with E-state index >= 15 is 0 Å². The molecule has 0 saturated carbocycles. The molecule has 2 aromatic rings. The van der Waals surface area contributed by atoms with Crippen molar-refractivity contribution in [1.29, 1.82) is 0 Å². The minimum atomic E-state index is 0.154. The highest BCUT2D eigenvalue weighted by Gasteiger charge is 2.27. The average Bonchev–Trinajstić information content (AvgIpc) is 3.20. The molecular formula is C20H27N3O3. The summed E-state index contributed by atoms with van der Waals surface area (Å²) in [5, 5.41) is 4.26. The Hall–Kier alpha value is -2.50. The second-order valence-electron chi connectivity index (χ2n) is 6.65. The zero-order valence-corrected chi connectivity index (χ0v) is 15.6. The van der Waals surface area contributed by atoms with Gasteiger partial charge in [-0.2, -0.15) is 5.10 Å². The van der Waals surface area contributed by atoms with E-state index in [0.717, 1.165) is 49.4 Å². The third-order valence-corrected chi connectivity index (χ3v) is 5.03. The van der Waals surface area contributed by atoms with E-state index in [0.29, 0.717) is 6.42 Å². The first-order valence-electron chi connectivity index (χ1n) is 9.19. The first-order valence-corrected chi connectivity index (χ1v) is 9.19. The van der Waals surface area contributed by atoms with Gasteiger partial charge < -0.3 is 14.4 Å². The SMILES string of the molecule is COc1ccc(OC)c(CC(=O)N2CCCCC2CCn2cccn2)c1. The summed E-state index contributed by atoms with van der Waals surface area (Å²) in [5.74, 6) is 1.62. The van der Waals surface area contributed by atoms with Crippen molar-refractivity contribution in [2.45, 2.75) is 44.7 Å². The van der Waals surface area contributed by atoms with Crippen LogP contribution in [0.4, 0.5) is 0 Å². The maximum Gasteiger partial charge on any atom is 0.227 e. The molecule has 1 aliphatic heterocycles. The summed E-state index contributed by atoms with van der Waals surface area (Å²) >= 11 is 0. The Morgan fingerprint density at radius 3 is 2.88 bits per heavy atom. The molecule has 1 unspecified atom stereocenters. The van der Waals surface area contributed by atoms with Gasteiger partial charge in [-0.05, 0) is 49.9 Å². The zero-order valence-electron chi connectivity index (χ0n) is 15.6. The van der Waals surface area contributed by atoms with E-state index < -0.39 is 0 Å². The van der Waals surface area contributed by atoms with E-state index in [9.17, 15) is 4.79 Å². The fourth-order valence-corrected chi connectivity index (χ4v) is 3.63. The lowest BCUT2D eigenvalue weighted by Crippen LogP contribution is -2.45. The van der Waals surface area contributed by atoms with Crippen LogP contribution in [0.15, 0.2) is 36.7 Å². The lowest BCUT2D eigenvalue weighted by Gasteiger charge is -2.36. The first-order chi connectivity index (χ1) is 12.7. The number of methoxy groups -OCH3 is 2. The highest BCUT2D eigenvalue weighted by Crippen LogP contribution is 2.27. The van der Waals surface area contributed by atoms with Gasteiger partial charge in [-0.1, -0.05) is 0 Å². The topological polar surface area (TPSA) is 56.6 Å². The lowest BCUT2D eigenvalue weighted by atomic mass is 9.98. The number of hydrogen-bond donors (Lipinski definition) is 0. The fraction of sp³-hybridized carbons (Fsp3) is 0.500. The largest absolute Gasteiger partial charge is 0.497 e. The Labute approximate surface area is 154 Å². The summed E-state index contributed by atoms with van der Waals surface area (Å²) < 4.78 is 12.6. The monoisotopic (exact) mass is 357 g/mol. The van der Waals surface area contributed by atoms with Crippen molar-refractivity contribution in [3.63, 3.8) is 0 Å². The number of aryl methyl sites for hydroxylation is 1. The van der Waals surface area contributed by atoms with Crippen molar-refractivity contribution in [3.05, 3.63) is 42.2 Å². The maximum absolute atomic E-state index is 13.0. The van der Waals surface area contributed by atoms with Gasteiger partial charge in [0.1, 0.15) is 11.5 Å². The van der Waals surface area contributed by atoms with E-state index in [4.69, 9.17) is 9.47 Å². The number of piperidine rings is 1. The molecule has 1 saturated heterocycles. The number of hydrogen-bond acceptors (Lipinski definition) is 4. The molecule has 1 fully saturated rings. The molecule has 140 valence electrons. The van der Waals surface area contributed by atoms with Crippen LogP contribution in [0.2, 0.25) is 0 Å². The molecule has 1 aromatic carbocycles. The Morgan fingerprint density at radius 2 is 2.15 bits per heavy atom. The summed E-state index contributed by atoms with van der Waals surface area (Å²) in [6.07, 6.45) is 8.33. The molecule has 0 N–H and O–H groups in total. The van der Waals surface area contributed by atoms with Crippen molar-refractivity contribution in [2.24, 2.45) is 0 Å². The molecule has 26 heavy (non-hydrogen) atoms. The number of benzene rings is 1. The Balaban J connectivity index is 1.68. The number of amides is 1. The van der Waals surface area contributed by atoms with Crippen LogP contribution in [0.5, 0.6) is 11.5 Å². The maximum atomic E-state index is 13.0. The van der Waals surface area contributed by atoms with Gasteiger partial charge in [0.2, 0.25) is 5.91 Å². The third kappa shape index (κ3) is 4.36. The van der Waals surface area contributed by atoms with Gasteiger partial charge in [-0.15, -0.1) is 0 Å². The molecule has 0 aliphatic carbocycles. The number of nitrogens with zero attached hydrogens (tertiary/aromatic N) is 3. The van der Waals surface area contributed by atoms with Crippen LogP contribution in [-0.2, 0) is 17.8 Å². The quantitative estimate of drug-likeness (QED) is 0.764. The third-order valence-electron chi connectivity index (χ3n) is 5.03. The Bertz CT molecular complexity index is 715. The number of carbonyl (C=O) groups excluding carboxylic acids is 1. The standard InChI is InChI=1S/C20H27N3O3/c1-25-18-7-8-19(26-2)16(14-18)15-20(24)23-12-4-3-6-17(23)9-13-22-11-5-10-21-22/h5,7-8,10-11,14,17H,3-4,6,9,12-13,15H2,1-2H3. The molecule has 3 rings (SSSR count). The second-order valence-corrected chi connectivity index (χ2v) is 6.65. The van der Waals surface area contributed by atoms with Gasteiger partial charge >= 0.3 is 0 Å². The molecular weight excluding hydrogens is 330 g/mol. The average molecular weight is 357 g/mol. The second kappa shape index (κ2) is 8.74. The smallest absolute Gasteiger partial charge is 0.227 e. The number of carbonyl (C=O) groups is 1. The molecule has 6 nitrogen and oxygen atoms in total. The van der Waals surface area contributed by atoms with Crippen molar-refractivity contribution in [3.8, 4) is 11.5 Å². The normalized spacial score (nSPS) is 17.2. The molecule has 1 amide bonds. The van der Waals surface area contributed by atoms with E-state index in [-0.39, 0.29) is 11.9 Å². The summed E-state index contributed by atoms with van der Waals surface area (Å²) in [4.78, 5) is 15.1. The molecule has 1 aromatic heterocycles. The molecule has 2 heterocycles. The molecule has 0 spiro atoms. The van der Waals surface area contributed by atoms with Gasteiger partial charge in [0.05, 0.1) is 20.6 Å². The predicted octanol–water partition coefficient (Wildman–Crippen LogP) is 2.91. The van der Waals surface area contributed by atoms with Gasteiger partial charge in [0, 0.05) is 37.1 Å². The number of ether oxygens (including phenoxy) is 2. The van der Waals surface area contributed by atoms with Crippen molar-refractivity contribution in [1.82, 2.24) is 14.7 Å². The number of likely N-dealkylation sites (tertiary alicyclic amines) is 1. The zero-order chi connectivity index (χ0) is 18.4. The lowest BCUT2D eigenvalue weighted by molar-refractivity contribution is -0.134. The molecule has 1 aliphatic rings. The van der Waals surface area contributed by atoms with Gasteiger partial charge in [0.15, 0.2) is 0 Å². The minimum absolute atomic E-state index is 0.154. The van der Waals surface area contributed by atoms with Crippen LogP contribution in [0, 0.1) is 0 Å². The van der Waals surface area contributed by atoms with Crippen LogP contribution in [0.1, 0.15) is 31.2 Å². The van der Waals surface area contributed by atoms with Gasteiger partial charge in [-0.3, -0.25) is 9.48 Å². The van der Waals surface area contributed by atoms with Crippen LogP contribution < -0.4 is 9.47 Å². The summed E-state index contributed by atoms with van der Waals surface area (Å²) in [6, 6.07) is 7.79. The van der Waals surface area contributed by atoms with E-state index in [1.807, 2.05) is 40.0 Å². The van der Waals surface area contributed by atoms with Crippen molar-refractivity contribution < 1.29 is 14.3 Å². The first kappa shape index (κ1) is 18.3. The van der Waals surface area contributed by atoms with Gasteiger partial charge in [0.25, 0.3) is 0 Å². The Morgan fingerprint density at radius 1 is 1.27 bits per heavy atom. The van der Waals surface area contributed by atoms with Crippen molar-refractivity contribution >= 4 is 5.91 Å². The molecule has 1 atom stereocenters. The van der Waals surface area contributed by atoms with Crippen LogP contribution in [0.25, 0.3) is 0 Å². The van der Waals surface area contributed by atoms with E-state index in [1.165, 1.54) is 6.42 Å². The summed E-state index contributed by atoms with van der Waals surface area (Å²) in [6.45, 7) is 1.67.